The van der Waals surface area contributed by atoms with Crippen molar-refractivity contribution in [2.24, 2.45) is 0 Å². The molecule has 7 nitrogen and oxygen atoms in total. The highest BCUT2D eigenvalue weighted by Gasteiger charge is 2.04. The van der Waals surface area contributed by atoms with Crippen LogP contribution >= 0.6 is 0 Å². The molecule has 0 atom stereocenters. The number of rotatable bonds is 12. The van der Waals surface area contributed by atoms with Gasteiger partial charge >= 0.3 is 11.9 Å². The van der Waals surface area contributed by atoms with Gasteiger partial charge in [-0.15, -0.1) is 0 Å². The standard InChI is InChI=1S/C29H28O7/c1-21(2)29(31)36-20-35-27-15-9-24(10-16-27)23-7-13-26(14-8-23)33-18-19-34-28(30)17-6-22-4-11-25(32-3)12-5-22/h4-17H,1,18-20H2,2-3H3. The molecule has 0 aliphatic carbocycles. The van der Waals surface area contributed by atoms with Crippen molar-refractivity contribution < 1.29 is 33.3 Å². The van der Waals surface area contributed by atoms with Crippen LogP contribution in [0.25, 0.3) is 17.2 Å². The van der Waals surface area contributed by atoms with Gasteiger partial charge in [-0.05, 0) is 66.1 Å². The zero-order valence-corrected chi connectivity index (χ0v) is 20.3. The van der Waals surface area contributed by atoms with Gasteiger partial charge in [0.15, 0.2) is 0 Å². The van der Waals surface area contributed by atoms with Crippen LogP contribution < -0.4 is 14.2 Å². The van der Waals surface area contributed by atoms with E-state index in [0.29, 0.717) is 17.1 Å². The highest BCUT2D eigenvalue weighted by molar-refractivity contribution is 5.87. The summed E-state index contributed by atoms with van der Waals surface area (Å²) in [5, 5.41) is 0. The third-order valence-electron chi connectivity index (χ3n) is 4.93. The van der Waals surface area contributed by atoms with E-state index in [0.717, 1.165) is 22.4 Å². The zero-order valence-electron chi connectivity index (χ0n) is 20.3. The minimum absolute atomic E-state index is 0.136. The number of carbonyl (C=O) groups excluding carboxylic acids is 2. The smallest absolute Gasteiger partial charge is 0.335 e. The Morgan fingerprint density at radius 3 is 1.86 bits per heavy atom. The Bertz CT molecular complexity index is 1180. The van der Waals surface area contributed by atoms with Crippen molar-refractivity contribution in [3.8, 4) is 28.4 Å². The van der Waals surface area contributed by atoms with Crippen molar-refractivity contribution in [1.82, 2.24) is 0 Å². The summed E-state index contributed by atoms with van der Waals surface area (Å²) in [5.74, 6) is 1.08. The van der Waals surface area contributed by atoms with Crippen molar-refractivity contribution in [3.05, 3.63) is 96.6 Å². The second kappa shape index (κ2) is 13.4. The molecule has 0 saturated heterocycles. The minimum atomic E-state index is -0.492. The Kier molecular flexibility index (Phi) is 9.70. The molecular formula is C29H28O7. The Morgan fingerprint density at radius 2 is 1.31 bits per heavy atom. The Labute approximate surface area is 210 Å². The second-order valence-corrected chi connectivity index (χ2v) is 7.65. The third-order valence-corrected chi connectivity index (χ3v) is 4.93. The van der Waals surface area contributed by atoms with Gasteiger partial charge in [0.2, 0.25) is 6.79 Å². The van der Waals surface area contributed by atoms with Crippen molar-refractivity contribution in [3.63, 3.8) is 0 Å². The average Bonchev–Trinajstić information content (AvgIpc) is 2.91. The Morgan fingerprint density at radius 1 is 0.750 bits per heavy atom. The lowest BCUT2D eigenvalue weighted by molar-refractivity contribution is -0.145. The van der Waals surface area contributed by atoms with E-state index in [1.807, 2.05) is 60.7 Å². The van der Waals surface area contributed by atoms with E-state index < -0.39 is 11.9 Å². The van der Waals surface area contributed by atoms with Gasteiger partial charge in [0.25, 0.3) is 0 Å². The maximum atomic E-state index is 11.9. The molecule has 0 saturated carbocycles. The van der Waals surface area contributed by atoms with Gasteiger partial charge in [0.05, 0.1) is 7.11 Å². The molecule has 3 rings (SSSR count). The van der Waals surface area contributed by atoms with Gasteiger partial charge in [-0.25, -0.2) is 9.59 Å². The van der Waals surface area contributed by atoms with Gasteiger partial charge in [0.1, 0.15) is 30.5 Å². The van der Waals surface area contributed by atoms with Crippen LogP contribution in [0.1, 0.15) is 12.5 Å². The molecule has 0 aliphatic rings. The number of hydrogen-bond donors (Lipinski definition) is 0. The largest absolute Gasteiger partial charge is 0.497 e. The maximum Gasteiger partial charge on any atom is 0.335 e. The summed E-state index contributed by atoms with van der Waals surface area (Å²) in [4.78, 5) is 23.2. The lowest BCUT2D eigenvalue weighted by Crippen LogP contribution is -2.10. The van der Waals surface area contributed by atoms with Crippen LogP contribution in [0.15, 0.2) is 91.0 Å². The zero-order chi connectivity index (χ0) is 25.8. The van der Waals surface area contributed by atoms with Crippen LogP contribution in [0.4, 0.5) is 0 Å². The van der Waals surface area contributed by atoms with E-state index in [4.69, 9.17) is 23.7 Å². The van der Waals surface area contributed by atoms with E-state index >= 15 is 0 Å². The molecular weight excluding hydrogens is 460 g/mol. The lowest BCUT2D eigenvalue weighted by atomic mass is 10.1. The fraction of sp³-hybridized carbons (Fsp3) is 0.172. The van der Waals surface area contributed by atoms with Crippen LogP contribution in [0.2, 0.25) is 0 Å². The molecule has 36 heavy (non-hydrogen) atoms. The lowest BCUT2D eigenvalue weighted by Gasteiger charge is -2.09. The number of hydrogen-bond acceptors (Lipinski definition) is 7. The Hall–Kier alpha value is -4.52. The SMILES string of the molecule is C=C(C)C(=O)OCOc1ccc(-c2ccc(OCCOC(=O)C=Cc3ccc(OC)cc3)cc2)cc1. The summed E-state index contributed by atoms with van der Waals surface area (Å²) in [5.41, 5.74) is 3.18. The Balaban J connectivity index is 1.39. The first-order valence-electron chi connectivity index (χ1n) is 11.2. The van der Waals surface area contributed by atoms with E-state index in [-0.39, 0.29) is 20.0 Å². The number of ether oxygens (including phenoxy) is 5. The van der Waals surface area contributed by atoms with Crippen molar-refractivity contribution in [1.29, 1.82) is 0 Å². The molecule has 0 bridgehead atoms. The molecule has 0 N–H and O–H groups in total. The van der Waals surface area contributed by atoms with Crippen LogP contribution in [-0.4, -0.2) is 39.1 Å². The van der Waals surface area contributed by atoms with Gasteiger partial charge in [-0.3, -0.25) is 0 Å². The predicted octanol–water partition coefficient (Wildman–Crippen LogP) is 5.45. The van der Waals surface area contributed by atoms with Crippen molar-refractivity contribution >= 4 is 18.0 Å². The number of methoxy groups -OCH3 is 1. The predicted molar refractivity (Wildman–Crippen MR) is 137 cm³/mol. The maximum absolute atomic E-state index is 11.9. The molecule has 0 radical (unpaired) electrons. The number of esters is 2. The summed E-state index contributed by atoms with van der Waals surface area (Å²) in [6, 6.07) is 22.3. The number of carbonyl (C=O) groups is 2. The van der Waals surface area contributed by atoms with Gasteiger partial charge < -0.3 is 23.7 Å². The summed E-state index contributed by atoms with van der Waals surface area (Å²) in [6.07, 6.45) is 3.06. The average molecular weight is 489 g/mol. The first-order valence-corrected chi connectivity index (χ1v) is 11.2. The first-order chi connectivity index (χ1) is 17.4. The van der Waals surface area contributed by atoms with Crippen LogP contribution in [0, 0.1) is 0 Å². The summed E-state index contributed by atoms with van der Waals surface area (Å²) < 4.78 is 26.2. The fourth-order valence-electron chi connectivity index (χ4n) is 2.99. The van der Waals surface area contributed by atoms with Gasteiger partial charge in [-0.2, -0.15) is 0 Å². The highest BCUT2D eigenvalue weighted by Crippen LogP contribution is 2.24. The molecule has 3 aromatic rings. The van der Waals surface area contributed by atoms with E-state index in [2.05, 4.69) is 6.58 Å². The molecule has 0 heterocycles. The molecule has 186 valence electrons. The summed E-state index contributed by atoms with van der Waals surface area (Å²) in [6.45, 7) is 5.29. The number of benzene rings is 3. The normalized spacial score (nSPS) is 10.5. The summed E-state index contributed by atoms with van der Waals surface area (Å²) >= 11 is 0. The van der Waals surface area contributed by atoms with Crippen LogP contribution in [0.5, 0.6) is 17.2 Å². The van der Waals surface area contributed by atoms with Gasteiger partial charge in [-0.1, -0.05) is 43.0 Å². The molecule has 0 aromatic heterocycles. The second-order valence-electron chi connectivity index (χ2n) is 7.65. The van der Waals surface area contributed by atoms with Crippen molar-refractivity contribution in [2.75, 3.05) is 27.1 Å². The van der Waals surface area contributed by atoms with E-state index in [1.54, 1.807) is 32.2 Å². The van der Waals surface area contributed by atoms with Crippen LogP contribution in [-0.2, 0) is 19.1 Å². The van der Waals surface area contributed by atoms with Crippen LogP contribution in [0.3, 0.4) is 0 Å². The molecule has 0 spiro atoms. The molecule has 0 aliphatic heterocycles. The molecule has 7 heteroatoms. The molecule has 0 fully saturated rings. The third kappa shape index (κ3) is 8.36. The molecule has 0 unspecified atom stereocenters. The highest BCUT2D eigenvalue weighted by atomic mass is 16.7. The fourth-order valence-corrected chi connectivity index (χ4v) is 2.99. The molecule has 3 aromatic carbocycles. The van der Waals surface area contributed by atoms with Crippen molar-refractivity contribution in [2.45, 2.75) is 6.92 Å². The van der Waals surface area contributed by atoms with E-state index in [9.17, 15) is 9.59 Å². The minimum Gasteiger partial charge on any atom is -0.497 e. The quantitative estimate of drug-likeness (QED) is 0.145. The summed E-state index contributed by atoms with van der Waals surface area (Å²) in [7, 11) is 1.60. The first kappa shape index (κ1) is 26.1. The monoisotopic (exact) mass is 488 g/mol. The van der Waals surface area contributed by atoms with E-state index in [1.165, 1.54) is 6.08 Å². The van der Waals surface area contributed by atoms with Gasteiger partial charge in [0, 0.05) is 11.6 Å². The molecule has 0 amide bonds. The topological polar surface area (TPSA) is 80.3 Å².